The van der Waals surface area contributed by atoms with Crippen LogP contribution in [0.3, 0.4) is 0 Å². The first-order valence-corrected chi connectivity index (χ1v) is 12.3. The van der Waals surface area contributed by atoms with Gasteiger partial charge in [-0.2, -0.15) is 24.9 Å². The lowest BCUT2D eigenvalue weighted by Crippen LogP contribution is -2.59. The van der Waals surface area contributed by atoms with E-state index in [9.17, 15) is 22.8 Å². The first-order chi connectivity index (χ1) is 17.7. The third kappa shape index (κ3) is 6.31. The molecule has 1 unspecified atom stereocenters. The molecule has 3 aromatic rings. The van der Waals surface area contributed by atoms with E-state index in [1.165, 1.54) is 50.1 Å². The number of methoxy groups -OCH3 is 1. The average molecular weight is 533 g/mol. The topological polar surface area (TPSA) is 102 Å². The van der Waals surface area contributed by atoms with Gasteiger partial charge in [-0.3, -0.25) is 9.59 Å². The Hall–Kier alpha value is -3.80. The van der Waals surface area contributed by atoms with Crippen LogP contribution in [0.15, 0.2) is 61.2 Å². The lowest BCUT2D eigenvalue weighted by molar-refractivity contribution is -0.138. The molecule has 1 fully saturated rings. The number of hydrogen-bond acceptors (Lipinski definition) is 7. The van der Waals surface area contributed by atoms with Crippen LogP contribution in [0.25, 0.3) is 0 Å². The van der Waals surface area contributed by atoms with Crippen LogP contribution in [0.5, 0.6) is 17.2 Å². The molecule has 0 spiro atoms. The molecule has 4 rings (SSSR count). The Balaban J connectivity index is 1.40. The zero-order valence-corrected chi connectivity index (χ0v) is 20.5. The van der Waals surface area contributed by atoms with Crippen molar-refractivity contribution < 1.29 is 32.2 Å². The molecule has 2 aromatic carbocycles. The number of nitrogens with zero attached hydrogens (tertiary/aromatic N) is 2. The molecule has 12 heteroatoms. The normalized spacial score (nSPS) is 17.2. The predicted octanol–water partition coefficient (Wildman–Crippen LogP) is 4.22. The minimum Gasteiger partial charge on any atom is -0.497 e. The molecule has 2 amide bonds. The van der Waals surface area contributed by atoms with Gasteiger partial charge in [-0.15, -0.1) is 0 Å². The lowest BCUT2D eigenvalue weighted by Gasteiger charge is -2.28. The smallest absolute Gasteiger partial charge is 0.420 e. The highest BCUT2D eigenvalue weighted by Gasteiger charge is 2.43. The molecule has 1 aliphatic heterocycles. The van der Waals surface area contributed by atoms with Gasteiger partial charge in [-0.1, -0.05) is 12.1 Å². The van der Waals surface area contributed by atoms with Gasteiger partial charge in [0.05, 0.1) is 12.7 Å². The molecule has 2 N–H and O–H groups in total. The van der Waals surface area contributed by atoms with E-state index < -0.39 is 23.2 Å². The molecule has 1 saturated heterocycles. The van der Waals surface area contributed by atoms with Crippen LogP contribution in [-0.2, 0) is 17.5 Å². The van der Waals surface area contributed by atoms with Crippen LogP contribution < -0.4 is 20.1 Å². The molecule has 0 radical (unpaired) electrons. The number of thioether (sulfide) groups is 1. The maximum absolute atomic E-state index is 13.4. The summed E-state index contributed by atoms with van der Waals surface area (Å²) >= 11 is 1.56. The van der Waals surface area contributed by atoms with E-state index in [-0.39, 0.29) is 35.3 Å². The first-order valence-electron chi connectivity index (χ1n) is 11.2. The van der Waals surface area contributed by atoms with E-state index in [1.807, 2.05) is 0 Å². The third-order valence-electron chi connectivity index (χ3n) is 5.73. The Kier molecular flexibility index (Phi) is 7.86. The number of benzene rings is 2. The maximum Gasteiger partial charge on any atom is 0.420 e. The summed E-state index contributed by atoms with van der Waals surface area (Å²) in [6.07, 6.45) is -0.0790. The fourth-order valence-electron chi connectivity index (χ4n) is 3.71. The van der Waals surface area contributed by atoms with E-state index in [0.717, 1.165) is 11.8 Å². The van der Waals surface area contributed by atoms with Crippen LogP contribution in [0.2, 0.25) is 0 Å². The van der Waals surface area contributed by atoms with E-state index in [1.54, 1.807) is 23.9 Å². The molecule has 1 aliphatic rings. The summed E-state index contributed by atoms with van der Waals surface area (Å²) in [7, 11) is 1.28. The number of rotatable bonds is 8. The second kappa shape index (κ2) is 11.1. The highest BCUT2D eigenvalue weighted by atomic mass is 32.2. The molecule has 0 bridgehead atoms. The summed E-state index contributed by atoms with van der Waals surface area (Å²) < 4.78 is 50.7. The monoisotopic (exact) mass is 532 g/mol. The SMILES string of the molecule is COc1ccc(Oc2ccc(CNC(=O)C3(NC(=O)c4cncnc4)CCSC3)cc2)c(C(F)(F)F)c1. The van der Waals surface area contributed by atoms with Gasteiger partial charge in [0.15, 0.2) is 0 Å². The van der Waals surface area contributed by atoms with E-state index in [2.05, 4.69) is 20.6 Å². The molecule has 1 aromatic heterocycles. The average Bonchev–Trinajstić information content (AvgIpc) is 3.38. The second-order valence-corrected chi connectivity index (χ2v) is 9.36. The predicted molar refractivity (Wildman–Crippen MR) is 131 cm³/mol. The van der Waals surface area contributed by atoms with Gasteiger partial charge in [-0.05, 0) is 48.1 Å². The van der Waals surface area contributed by atoms with Crippen molar-refractivity contribution in [1.29, 1.82) is 0 Å². The van der Waals surface area contributed by atoms with E-state index in [0.29, 0.717) is 17.7 Å². The molecule has 0 saturated carbocycles. The number of ether oxygens (including phenoxy) is 2. The maximum atomic E-state index is 13.4. The van der Waals surface area contributed by atoms with Crippen molar-refractivity contribution in [3.63, 3.8) is 0 Å². The number of amides is 2. The summed E-state index contributed by atoms with van der Waals surface area (Å²) in [6.45, 7) is 0.159. The molecule has 194 valence electrons. The number of alkyl halides is 3. The minimum atomic E-state index is -4.62. The van der Waals surface area contributed by atoms with Gasteiger partial charge in [-0.25, -0.2) is 9.97 Å². The quantitative estimate of drug-likeness (QED) is 0.448. The highest BCUT2D eigenvalue weighted by molar-refractivity contribution is 7.99. The Labute approximate surface area is 215 Å². The van der Waals surface area contributed by atoms with Crippen molar-refractivity contribution in [1.82, 2.24) is 20.6 Å². The molecular weight excluding hydrogens is 509 g/mol. The highest BCUT2D eigenvalue weighted by Crippen LogP contribution is 2.40. The van der Waals surface area contributed by atoms with Crippen molar-refractivity contribution in [3.8, 4) is 17.2 Å². The van der Waals surface area contributed by atoms with Crippen molar-refractivity contribution in [3.05, 3.63) is 77.9 Å². The molecule has 1 atom stereocenters. The van der Waals surface area contributed by atoms with Gasteiger partial charge in [0.25, 0.3) is 5.91 Å². The fourth-order valence-corrected chi connectivity index (χ4v) is 5.04. The fraction of sp³-hybridized carbons (Fsp3) is 0.280. The Morgan fingerprint density at radius 1 is 1.08 bits per heavy atom. The Morgan fingerprint density at radius 2 is 1.78 bits per heavy atom. The summed E-state index contributed by atoms with van der Waals surface area (Å²) in [4.78, 5) is 33.4. The van der Waals surface area contributed by atoms with Gasteiger partial charge >= 0.3 is 6.18 Å². The van der Waals surface area contributed by atoms with E-state index >= 15 is 0 Å². The summed E-state index contributed by atoms with van der Waals surface area (Å²) in [6, 6.07) is 9.78. The largest absolute Gasteiger partial charge is 0.497 e. The number of carbonyl (C=O) groups is 2. The Morgan fingerprint density at radius 3 is 2.41 bits per heavy atom. The number of nitrogens with one attached hydrogen (secondary N) is 2. The minimum absolute atomic E-state index is 0.0671. The van der Waals surface area contributed by atoms with Gasteiger partial charge in [0.2, 0.25) is 5.91 Å². The molecule has 0 aliphatic carbocycles. The van der Waals surface area contributed by atoms with Crippen LogP contribution >= 0.6 is 11.8 Å². The summed E-state index contributed by atoms with van der Waals surface area (Å²) in [5, 5.41) is 5.68. The van der Waals surface area contributed by atoms with Crippen LogP contribution in [0.4, 0.5) is 13.2 Å². The summed E-state index contributed by atoms with van der Waals surface area (Å²) in [5.74, 6) is 0.302. The number of aromatic nitrogens is 2. The van der Waals surface area contributed by atoms with Crippen molar-refractivity contribution in [2.75, 3.05) is 18.6 Å². The molecule has 2 heterocycles. The second-order valence-electron chi connectivity index (χ2n) is 8.25. The molecule has 37 heavy (non-hydrogen) atoms. The van der Waals surface area contributed by atoms with Crippen molar-refractivity contribution >= 4 is 23.6 Å². The van der Waals surface area contributed by atoms with E-state index in [4.69, 9.17) is 9.47 Å². The lowest BCUT2D eigenvalue weighted by atomic mass is 9.97. The van der Waals surface area contributed by atoms with Gasteiger partial charge < -0.3 is 20.1 Å². The van der Waals surface area contributed by atoms with Crippen LogP contribution in [0.1, 0.15) is 27.9 Å². The summed E-state index contributed by atoms with van der Waals surface area (Å²) in [5.41, 5.74) is -1.06. The Bertz CT molecular complexity index is 1250. The first kappa shape index (κ1) is 26.3. The van der Waals surface area contributed by atoms with Crippen LogP contribution in [0, 0.1) is 0 Å². The number of carbonyl (C=O) groups excluding carboxylic acids is 2. The standard InChI is InChI=1S/C25H23F3N4O4S/c1-35-19-6-7-21(20(10-19)25(26,27)28)36-18-4-2-16(3-5-18)11-31-23(34)24(8-9-37-14-24)32-22(33)17-12-29-15-30-13-17/h2-7,10,12-13,15H,8-9,11,14H2,1H3,(H,31,34)(H,32,33). The van der Waals surface area contributed by atoms with Gasteiger partial charge in [0, 0.05) is 24.7 Å². The third-order valence-corrected chi connectivity index (χ3v) is 6.92. The number of halogens is 3. The number of hydrogen-bond donors (Lipinski definition) is 2. The van der Waals surface area contributed by atoms with Crippen molar-refractivity contribution in [2.45, 2.75) is 24.7 Å². The van der Waals surface area contributed by atoms with Crippen molar-refractivity contribution in [2.24, 2.45) is 0 Å². The van der Waals surface area contributed by atoms with Gasteiger partial charge in [0.1, 0.15) is 34.7 Å². The molecular formula is C25H23F3N4O4S. The zero-order valence-electron chi connectivity index (χ0n) is 19.7. The zero-order chi connectivity index (χ0) is 26.5. The van der Waals surface area contributed by atoms with Crippen LogP contribution in [-0.4, -0.2) is 45.9 Å². The molecule has 8 nitrogen and oxygen atoms in total.